The van der Waals surface area contributed by atoms with Crippen LogP contribution < -0.4 is 4.74 Å². The predicted molar refractivity (Wildman–Crippen MR) is 97.5 cm³/mol. The minimum Gasteiger partial charge on any atom is -0.497 e. The zero-order chi connectivity index (χ0) is 17.4. The first kappa shape index (κ1) is 14.9. The van der Waals surface area contributed by atoms with Gasteiger partial charge in [-0.05, 0) is 91.0 Å². The molecule has 0 radical (unpaired) electrons. The Balaban J connectivity index is 1.65. The molecule has 1 aromatic rings. The van der Waals surface area contributed by atoms with Crippen LogP contribution in [0.5, 0.6) is 5.75 Å². The van der Waals surface area contributed by atoms with E-state index in [1.165, 1.54) is 44.9 Å². The largest absolute Gasteiger partial charge is 0.497 e. The first-order valence-corrected chi connectivity index (χ1v) is 10.6. The molecule has 1 aliphatic heterocycles. The SMILES string of the molecule is COc1cc2c3c(c1)[C@]14CC[C@@]5(C1)C(CC2)C3CC[C@]5(C)C41OCCO1. The number of hydrogen-bond donors (Lipinski definition) is 0. The summed E-state index contributed by atoms with van der Waals surface area (Å²) in [6.45, 7) is 4.05. The average Bonchev–Trinajstić information content (AvgIpc) is 3.33. The van der Waals surface area contributed by atoms with Gasteiger partial charge in [0.05, 0.1) is 25.7 Å². The number of benzene rings is 1. The first-order chi connectivity index (χ1) is 12.6. The maximum Gasteiger partial charge on any atom is 0.184 e. The third-order valence-corrected chi connectivity index (χ3v) is 10.0. The van der Waals surface area contributed by atoms with Gasteiger partial charge < -0.3 is 14.2 Å². The Hall–Kier alpha value is -1.06. The van der Waals surface area contributed by atoms with Crippen molar-refractivity contribution >= 4 is 0 Å². The van der Waals surface area contributed by atoms with Crippen LogP contribution in [0.3, 0.4) is 0 Å². The third kappa shape index (κ3) is 1.18. The average molecular weight is 352 g/mol. The molecule has 7 rings (SSSR count). The summed E-state index contributed by atoms with van der Waals surface area (Å²) in [6.07, 6.45) is 9.00. The van der Waals surface area contributed by atoms with Crippen LogP contribution in [-0.4, -0.2) is 26.1 Å². The van der Waals surface area contributed by atoms with Gasteiger partial charge in [0.25, 0.3) is 0 Å². The van der Waals surface area contributed by atoms with Crippen LogP contribution in [0.15, 0.2) is 12.1 Å². The molecule has 0 amide bonds. The van der Waals surface area contributed by atoms with E-state index in [4.69, 9.17) is 14.2 Å². The molecular formula is C23H28O3. The van der Waals surface area contributed by atoms with Crippen molar-refractivity contribution in [1.29, 1.82) is 0 Å². The highest BCUT2D eigenvalue weighted by Gasteiger charge is 2.85. The minimum atomic E-state index is -0.405. The second-order valence-corrected chi connectivity index (χ2v) is 10.1. The van der Waals surface area contributed by atoms with Gasteiger partial charge in [0.15, 0.2) is 5.79 Å². The van der Waals surface area contributed by atoms with Crippen LogP contribution in [0.2, 0.25) is 0 Å². The number of methoxy groups -OCH3 is 1. The molecule has 1 aromatic carbocycles. The number of aryl methyl sites for hydroxylation is 1. The van der Waals surface area contributed by atoms with Crippen molar-refractivity contribution in [3.05, 3.63) is 28.8 Å². The van der Waals surface area contributed by atoms with Gasteiger partial charge in [-0.3, -0.25) is 0 Å². The predicted octanol–water partition coefficient (Wildman–Crippen LogP) is 4.32. The minimum absolute atomic E-state index is 0.0363. The van der Waals surface area contributed by atoms with E-state index < -0.39 is 5.79 Å². The van der Waals surface area contributed by atoms with Gasteiger partial charge in [-0.25, -0.2) is 0 Å². The Morgan fingerprint density at radius 3 is 2.73 bits per heavy atom. The molecule has 6 bridgehead atoms. The monoisotopic (exact) mass is 352 g/mol. The van der Waals surface area contributed by atoms with E-state index in [0.717, 1.165) is 30.8 Å². The van der Waals surface area contributed by atoms with Crippen molar-refractivity contribution in [3.63, 3.8) is 0 Å². The van der Waals surface area contributed by atoms with E-state index in [0.29, 0.717) is 5.41 Å². The van der Waals surface area contributed by atoms with E-state index >= 15 is 0 Å². The summed E-state index contributed by atoms with van der Waals surface area (Å²) >= 11 is 0. The van der Waals surface area contributed by atoms with Gasteiger partial charge >= 0.3 is 0 Å². The molecule has 4 fully saturated rings. The van der Waals surface area contributed by atoms with E-state index in [1.807, 2.05) is 7.11 Å². The second-order valence-electron chi connectivity index (χ2n) is 10.1. The van der Waals surface area contributed by atoms with Gasteiger partial charge in [-0.2, -0.15) is 0 Å². The van der Waals surface area contributed by atoms with E-state index in [-0.39, 0.29) is 10.8 Å². The molecule has 6 aliphatic rings. The highest BCUT2D eigenvalue weighted by Crippen LogP contribution is 2.85. The van der Waals surface area contributed by atoms with Gasteiger partial charge in [-0.1, -0.05) is 6.92 Å². The molecule has 0 aromatic heterocycles. The third-order valence-electron chi connectivity index (χ3n) is 10.0. The number of ether oxygens (including phenoxy) is 3. The van der Waals surface area contributed by atoms with Crippen molar-refractivity contribution in [2.24, 2.45) is 16.7 Å². The molecule has 5 aliphatic carbocycles. The molecule has 3 nitrogen and oxygen atoms in total. The summed E-state index contributed by atoms with van der Waals surface area (Å²) < 4.78 is 19.2. The van der Waals surface area contributed by atoms with Crippen LogP contribution in [0, 0.1) is 16.7 Å². The van der Waals surface area contributed by atoms with Crippen LogP contribution in [0.25, 0.3) is 0 Å². The lowest BCUT2D eigenvalue weighted by Gasteiger charge is -2.65. The second kappa shape index (κ2) is 4.17. The summed E-state index contributed by atoms with van der Waals surface area (Å²) in [5, 5.41) is 0. The Kier molecular flexibility index (Phi) is 2.40. The van der Waals surface area contributed by atoms with Crippen molar-refractivity contribution in [2.45, 2.75) is 69.0 Å². The summed E-state index contributed by atoms with van der Waals surface area (Å²) in [5.74, 6) is 2.20. The van der Waals surface area contributed by atoms with Gasteiger partial charge in [0, 0.05) is 5.41 Å². The zero-order valence-corrected chi connectivity index (χ0v) is 15.9. The Labute approximate surface area is 155 Å². The van der Waals surface area contributed by atoms with Crippen molar-refractivity contribution < 1.29 is 14.2 Å². The lowest BCUT2D eigenvalue weighted by Crippen LogP contribution is -2.66. The van der Waals surface area contributed by atoms with Crippen molar-refractivity contribution in [1.82, 2.24) is 0 Å². The normalized spacial score (nSPS) is 48.2. The van der Waals surface area contributed by atoms with Crippen LogP contribution in [0.4, 0.5) is 0 Å². The summed E-state index contributed by atoms with van der Waals surface area (Å²) in [6, 6.07) is 4.70. The molecule has 5 atom stereocenters. The fourth-order valence-corrected chi connectivity index (χ4v) is 9.32. The number of rotatable bonds is 1. The zero-order valence-electron chi connectivity index (χ0n) is 15.9. The summed E-state index contributed by atoms with van der Waals surface area (Å²) in [5.41, 5.74) is 5.39. The maximum absolute atomic E-state index is 6.70. The quantitative estimate of drug-likeness (QED) is 0.753. The van der Waals surface area contributed by atoms with Crippen molar-refractivity contribution in [3.8, 4) is 5.75 Å². The first-order valence-electron chi connectivity index (χ1n) is 10.6. The van der Waals surface area contributed by atoms with Crippen LogP contribution in [0.1, 0.15) is 68.1 Å². The van der Waals surface area contributed by atoms with Crippen molar-refractivity contribution in [2.75, 3.05) is 20.3 Å². The Morgan fingerprint density at radius 1 is 1.08 bits per heavy atom. The molecule has 2 spiro atoms. The van der Waals surface area contributed by atoms with Gasteiger partial charge in [0.1, 0.15) is 5.75 Å². The van der Waals surface area contributed by atoms with E-state index in [9.17, 15) is 0 Å². The smallest absolute Gasteiger partial charge is 0.184 e. The number of hydrogen-bond acceptors (Lipinski definition) is 3. The lowest BCUT2D eigenvalue weighted by molar-refractivity contribution is -0.299. The summed E-state index contributed by atoms with van der Waals surface area (Å²) in [7, 11) is 1.81. The van der Waals surface area contributed by atoms with E-state index in [2.05, 4.69) is 19.1 Å². The molecule has 1 heterocycles. The molecule has 138 valence electrons. The molecule has 2 unspecified atom stereocenters. The Bertz CT molecular complexity index is 840. The fraction of sp³-hybridized carbons (Fsp3) is 0.739. The highest BCUT2D eigenvalue weighted by molar-refractivity contribution is 5.57. The van der Waals surface area contributed by atoms with Gasteiger partial charge in [0.2, 0.25) is 0 Å². The molecule has 0 N–H and O–H groups in total. The van der Waals surface area contributed by atoms with Gasteiger partial charge in [-0.15, -0.1) is 0 Å². The van der Waals surface area contributed by atoms with Crippen LogP contribution >= 0.6 is 0 Å². The fourth-order valence-electron chi connectivity index (χ4n) is 9.32. The van der Waals surface area contributed by atoms with E-state index in [1.54, 1.807) is 16.7 Å². The molecule has 1 saturated heterocycles. The molecule has 3 saturated carbocycles. The lowest BCUT2D eigenvalue weighted by atomic mass is 9.43. The Morgan fingerprint density at radius 2 is 1.92 bits per heavy atom. The summed E-state index contributed by atoms with van der Waals surface area (Å²) in [4.78, 5) is 0. The molecule has 3 heteroatoms. The topological polar surface area (TPSA) is 27.7 Å². The highest BCUT2D eigenvalue weighted by atomic mass is 16.7. The molecular weight excluding hydrogens is 324 g/mol. The maximum atomic E-state index is 6.70. The molecule has 26 heavy (non-hydrogen) atoms. The van der Waals surface area contributed by atoms with Crippen LogP contribution in [-0.2, 0) is 21.3 Å². The standard InChI is InChI=1S/C23H28O3/c1-20-6-5-16-17-4-3-14-11-15(24-2)12-18(19(14)16)22(8-7-21(17,20)13-22)23(20)25-9-10-26-23/h11-12,16-17H,3-10,13H2,1-2H3/t16?,17?,20-,21+,22-/m0/s1.